The van der Waals surface area contributed by atoms with Crippen molar-refractivity contribution in [2.75, 3.05) is 39.4 Å². The van der Waals surface area contributed by atoms with E-state index in [0.717, 1.165) is 0 Å². The number of carbonyl (C=O) groups is 1. The molecular weight excluding hydrogens is 360 g/mol. The van der Waals surface area contributed by atoms with Gasteiger partial charge in [-0.05, 0) is 31.0 Å². The zero-order valence-corrected chi connectivity index (χ0v) is 15.1. The average Bonchev–Trinajstić information content (AvgIpc) is 3.17. The number of sulfonamides is 1. The maximum absolute atomic E-state index is 13.1. The maximum atomic E-state index is 13.1. The lowest BCUT2D eigenvalue weighted by atomic mass is 9.77. The molecule has 2 unspecified atom stereocenters. The number of benzene rings is 1. The summed E-state index contributed by atoms with van der Waals surface area (Å²) in [5.41, 5.74) is -0.306. The Hall–Kier alpha value is -1.84. The van der Waals surface area contributed by atoms with E-state index in [2.05, 4.69) is 5.32 Å². The summed E-state index contributed by atoms with van der Waals surface area (Å²) in [7, 11) is -3.67. The average molecular weight is 382 g/mol. The third-order valence-corrected chi connectivity index (χ3v) is 7.44. The van der Waals surface area contributed by atoms with Gasteiger partial charge >= 0.3 is 5.97 Å². The van der Waals surface area contributed by atoms with E-state index in [0.29, 0.717) is 57.3 Å². The Morgan fingerprint density at radius 3 is 2.85 bits per heavy atom. The van der Waals surface area contributed by atoms with Crippen molar-refractivity contribution in [3.8, 4) is 11.5 Å². The van der Waals surface area contributed by atoms with E-state index in [1.54, 1.807) is 12.1 Å². The number of ether oxygens (including phenoxy) is 2. The Balaban J connectivity index is 1.58. The lowest BCUT2D eigenvalue weighted by molar-refractivity contribution is -0.137. The first kappa shape index (κ1) is 17.6. The highest BCUT2D eigenvalue weighted by molar-refractivity contribution is 7.89. The molecular formula is C17H22N2O6S. The van der Waals surface area contributed by atoms with Crippen molar-refractivity contribution < 1.29 is 27.8 Å². The summed E-state index contributed by atoms with van der Waals surface area (Å²) in [4.78, 5) is 11.2. The summed E-state index contributed by atoms with van der Waals surface area (Å²) in [5, 5.41) is 12.3. The van der Waals surface area contributed by atoms with E-state index < -0.39 is 16.0 Å². The molecule has 26 heavy (non-hydrogen) atoms. The number of aliphatic carboxylic acids is 1. The molecule has 142 valence electrons. The SMILES string of the molecule is O=C(O)CCC12CNCC1CN(S(=O)(=O)c1ccc3c(c1)OCCO3)C2. The number of hydrogen-bond acceptors (Lipinski definition) is 6. The highest BCUT2D eigenvalue weighted by atomic mass is 32.2. The number of fused-ring (bicyclic) bond motifs is 2. The van der Waals surface area contributed by atoms with Gasteiger partial charge in [-0.1, -0.05) is 0 Å². The van der Waals surface area contributed by atoms with Gasteiger partial charge in [-0.15, -0.1) is 0 Å². The molecule has 3 aliphatic heterocycles. The predicted octanol–water partition coefficient (Wildman–Crippen LogP) is 0.533. The van der Waals surface area contributed by atoms with Crippen LogP contribution in [0.5, 0.6) is 11.5 Å². The fraction of sp³-hybridized carbons (Fsp3) is 0.588. The summed E-state index contributed by atoms with van der Waals surface area (Å²) in [6.07, 6.45) is 0.531. The lowest BCUT2D eigenvalue weighted by Gasteiger charge is -2.27. The molecule has 0 amide bonds. The smallest absolute Gasteiger partial charge is 0.303 e. The van der Waals surface area contributed by atoms with Crippen molar-refractivity contribution in [2.24, 2.45) is 11.3 Å². The number of hydrogen-bond donors (Lipinski definition) is 2. The van der Waals surface area contributed by atoms with E-state index >= 15 is 0 Å². The molecule has 2 saturated heterocycles. The Kier molecular flexibility index (Phi) is 4.32. The zero-order chi connectivity index (χ0) is 18.4. The van der Waals surface area contributed by atoms with Crippen LogP contribution in [0.3, 0.4) is 0 Å². The van der Waals surface area contributed by atoms with Gasteiger partial charge in [0.05, 0.1) is 4.90 Å². The largest absolute Gasteiger partial charge is 0.486 e. The van der Waals surface area contributed by atoms with Crippen LogP contribution in [0.2, 0.25) is 0 Å². The molecule has 0 aliphatic carbocycles. The molecule has 3 aliphatic rings. The highest BCUT2D eigenvalue weighted by Gasteiger charge is 2.52. The standard InChI is InChI=1S/C17H22N2O6S/c20-16(21)3-4-17-10-18-8-12(17)9-19(11-17)26(22,23)13-1-2-14-15(7-13)25-6-5-24-14/h1-2,7,12,18H,3-6,8-11H2,(H,20,21). The summed E-state index contributed by atoms with van der Waals surface area (Å²) < 4.78 is 38.7. The second kappa shape index (κ2) is 6.40. The number of nitrogens with zero attached hydrogens (tertiary/aromatic N) is 1. The molecule has 9 heteroatoms. The van der Waals surface area contributed by atoms with Crippen LogP contribution in [0.4, 0.5) is 0 Å². The molecule has 0 bridgehead atoms. The van der Waals surface area contributed by atoms with E-state index in [1.807, 2.05) is 0 Å². The van der Waals surface area contributed by atoms with Gasteiger partial charge in [0, 0.05) is 37.5 Å². The predicted molar refractivity (Wildman–Crippen MR) is 91.9 cm³/mol. The second-order valence-electron chi connectivity index (χ2n) is 7.19. The van der Waals surface area contributed by atoms with E-state index in [1.165, 1.54) is 10.4 Å². The number of carboxylic acids is 1. The Morgan fingerprint density at radius 2 is 2.08 bits per heavy atom. The van der Waals surface area contributed by atoms with Crippen LogP contribution in [-0.2, 0) is 14.8 Å². The van der Waals surface area contributed by atoms with E-state index in [-0.39, 0.29) is 22.6 Å². The van der Waals surface area contributed by atoms with Crippen LogP contribution < -0.4 is 14.8 Å². The summed E-state index contributed by atoms with van der Waals surface area (Å²) >= 11 is 0. The number of rotatable bonds is 5. The van der Waals surface area contributed by atoms with Crippen molar-refractivity contribution in [3.05, 3.63) is 18.2 Å². The molecule has 2 atom stereocenters. The summed E-state index contributed by atoms with van der Waals surface area (Å²) in [5.74, 6) is 0.279. The van der Waals surface area contributed by atoms with Gasteiger partial charge in [-0.25, -0.2) is 8.42 Å². The van der Waals surface area contributed by atoms with Crippen molar-refractivity contribution in [3.63, 3.8) is 0 Å². The first-order chi connectivity index (χ1) is 12.4. The third-order valence-electron chi connectivity index (χ3n) is 5.64. The van der Waals surface area contributed by atoms with Crippen LogP contribution in [0.25, 0.3) is 0 Å². The maximum Gasteiger partial charge on any atom is 0.303 e. The van der Waals surface area contributed by atoms with Crippen molar-refractivity contribution >= 4 is 16.0 Å². The number of carboxylic acid groups (broad SMARTS) is 1. The minimum atomic E-state index is -3.67. The van der Waals surface area contributed by atoms with Gasteiger partial charge in [0.15, 0.2) is 11.5 Å². The molecule has 1 aromatic rings. The van der Waals surface area contributed by atoms with Crippen LogP contribution in [0.1, 0.15) is 12.8 Å². The van der Waals surface area contributed by atoms with Crippen LogP contribution in [0.15, 0.2) is 23.1 Å². The number of nitrogens with one attached hydrogen (secondary N) is 1. The summed E-state index contributed by atoms with van der Waals surface area (Å²) in [6, 6.07) is 4.68. The third kappa shape index (κ3) is 2.93. The minimum Gasteiger partial charge on any atom is -0.486 e. The second-order valence-corrected chi connectivity index (χ2v) is 9.12. The zero-order valence-electron chi connectivity index (χ0n) is 14.3. The molecule has 0 spiro atoms. The van der Waals surface area contributed by atoms with Crippen LogP contribution in [-0.4, -0.2) is 63.2 Å². The van der Waals surface area contributed by atoms with Gasteiger partial charge in [-0.3, -0.25) is 4.79 Å². The molecule has 8 nitrogen and oxygen atoms in total. The minimum absolute atomic E-state index is 0.0517. The van der Waals surface area contributed by atoms with Gasteiger partial charge in [-0.2, -0.15) is 4.31 Å². The van der Waals surface area contributed by atoms with E-state index in [4.69, 9.17) is 14.6 Å². The molecule has 0 saturated carbocycles. The topological polar surface area (TPSA) is 105 Å². The monoisotopic (exact) mass is 382 g/mol. The van der Waals surface area contributed by atoms with Gasteiger partial charge in [0.25, 0.3) is 0 Å². The van der Waals surface area contributed by atoms with Crippen molar-refractivity contribution in [1.29, 1.82) is 0 Å². The van der Waals surface area contributed by atoms with Crippen molar-refractivity contribution in [1.82, 2.24) is 9.62 Å². The quantitative estimate of drug-likeness (QED) is 0.765. The fourth-order valence-corrected chi connectivity index (χ4v) is 5.80. The molecule has 0 aromatic heterocycles. The van der Waals surface area contributed by atoms with Crippen molar-refractivity contribution in [2.45, 2.75) is 17.7 Å². The van der Waals surface area contributed by atoms with E-state index in [9.17, 15) is 13.2 Å². The van der Waals surface area contributed by atoms with Gasteiger partial charge in [0.2, 0.25) is 10.0 Å². The van der Waals surface area contributed by atoms with Gasteiger partial charge < -0.3 is 19.9 Å². The van der Waals surface area contributed by atoms with Crippen LogP contribution >= 0.6 is 0 Å². The molecule has 2 fully saturated rings. The van der Waals surface area contributed by atoms with Crippen LogP contribution in [0, 0.1) is 11.3 Å². The Bertz CT molecular complexity index is 827. The highest BCUT2D eigenvalue weighted by Crippen LogP contribution is 2.45. The normalized spacial score (nSPS) is 28.1. The Morgan fingerprint density at radius 1 is 1.31 bits per heavy atom. The van der Waals surface area contributed by atoms with Gasteiger partial charge in [0.1, 0.15) is 13.2 Å². The first-order valence-corrected chi connectivity index (χ1v) is 10.2. The Labute approximate surface area is 152 Å². The molecule has 0 radical (unpaired) electrons. The lowest BCUT2D eigenvalue weighted by Crippen LogP contribution is -2.36. The molecule has 2 N–H and O–H groups in total. The molecule has 3 heterocycles. The first-order valence-electron chi connectivity index (χ1n) is 8.73. The molecule has 1 aromatic carbocycles. The summed E-state index contributed by atoms with van der Waals surface area (Å²) in [6.45, 7) is 2.96. The molecule has 4 rings (SSSR count). The fourth-order valence-electron chi connectivity index (χ4n) is 4.20.